The predicted octanol–water partition coefficient (Wildman–Crippen LogP) is 3.18. The molecule has 0 aliphatic carbocycles. The van der Waals surface area contributed by atoms with Crippen LogP contribution >= 0.6 is 24.0 Å². The van der Waals surface area contributed by atoms with Crippen LogP contribution < -0.4 is 11.1 Å². The number of aryl methyl sites for hydroxylation is 2. The standard InChI is InChI=1S/C13H21N3.HI/c1-4-10-8-7-9-11(5-2)12(10)16-13(14)15-6-3;/h7-9H,4-6H2,1-3H3,(H3,14,15,16);1H. The number of benzene rings is 1. The van der Waals surface area contributed by atoms with E-state index in [-0.39, 0.29) is 24.0 Å². The molecule has 0 aromatic heterocycles. The number of anilines is 1. The Kier molecular flexibility index (Phi) is 7.95. The van der Waals surface area contributed by atoms with Crippen molar-refractivity contribution >= 4 is 35.6 Å². The zero-order valence-corrected chi connectivity index (χ0v) is 13.1. The topological polar surface area (TPSA) is 50.4 Å². The van der Waals surface area contributed by atoms with Gasteiger partial charge in [0.15, 0.2) is 5.96 Å². The predicted molar refractivity (Wildman–Crippen MR) is 86.4 cm³/mol. The van der Waals surface area contributed by atoms with Gasteiger partial charge < -0.3 is 11.1 Å². The number of hydrogen-bond donors (Lipinski definition) is 2. The molecule has 96 valence electrons. The van der Waals surface area contributed by atoms with Crippen molar-refractivity contribution in [2.75, 3.05) is 11.9 Å². The van der Waals surface area contributed by atoms with Crippen LogP contribution in [0.5, 0.6) is 0 Å². The van der Waals surface area contributed by atoms with Gasteiger partial charge in [0.25, 0.3) is 0 Å². The minimum atomic E-state index is 0. The summed E-state index contributed by atoms with van der Waals surface area (Å²) in [5.74, 6) is 0.498. The molecule has 0 fully saturated rings. The minimum absolute atomic E-state index is 0. The summed E-state index contributed by atoms with van der Waals surface area (Å²) in [6.45, 7) is 6.97. The van der Waals surface area contributed by atoms with Crippen LogP contribution in [0.1, 0.15) is 31.9 Å². The summed E-state index contributed by atoms with van der Waals surface area (Å²) in [5, 5.41) is 3.21. The summed E-state index contributed by atoms with van der Waals surface area (Å²) < 4.78 is 0. The van der Waals surface area contributed by atoms with Gasteiger partial charge in [0.1, 0.15) is 0 Å². The molecule has 3 N–H and O–H groups in total. The lowest BCUT2D eigenvalue weighted by molar-refractivity contribution is 1.08. The fourth-order valence-electron chi connectivity index (χ4n) is 1.74. The highest BCUT2D eigenvalue weighted by atomic mass is 127. The third kappa shape index (κ3) is 4.53. The maximum atomic E-state index is 5.80. The third-order valence-corrected chi connectivity index (χ3v) is 2.58. The third-order valence-electron chi connectivity index (χ3n) is 2.58. The summed E-state index contributed by atoms with van der Waals surface area (Å²) >= 11 is 0. The van der Waals surface area contributed by atoms with Crippen molar-refractivity contribution < 1.29 is 0 Å². The number of guanidine groups is 1. The first-order valence-corrected chi connectivity index (χ1v) is 5.90. The minimum Gasteiger partial charge on any atom is -0.370 e. The molecule has 0 aliphatic rings. The number of para-hydroxylation sites is 1. The molecule has 1 aromatic carbocycles. The van der Waals surface area contributed by atoms with Crippen LogP contribution in [-0.4, -0.2) is 12.5 Å². The Hall–Kier alpha value is -0.780. The number of halogens is 1. The van der Waals surface area contributed by atoms with Crippen molar-refractivity contribution in [1.82, 2.24) is 0 Å². The Bertz CT molecular complexity index is 353. The number of nitrogens with zero attached hydrogens (tertiary/aromatic N) is 1. The van der Waals surface area contributed by atoms with E-state index in [1.165, 1.54) is 11.1 Å². The van der Waals surface area contributed by atoms with E-state index in [0.29, 0.717) is 12.5 Å². The van der Waals surface area contributed by atoms with Crippen molar-refractivity contribution in [2.24, 2.45) is 10.7 Å². The van der Waals surface area contributed by atoms with Crippen molar-refractivity contribution in [2.45, 2.75) is 33.6 Å². The van der Waals surface area contributed by atoms with Crippen LogP contribution in [-0.2, 0) is 12.8 Å². The van der Waals surface area contributed by atoms with E-state index < -0.39 is 0 Å². The molecule has 1 aromatic rings. The highest BCUT2D eigenvalue weighted by molar-refractivity contribution is 14.0. The summed E-state index contributed by atoms with van der Waals surface area (Å²) in [6, 6.07) is 6.34. The highest BCUT2D eigenvalue weighted by Gasteiger charge is 2.06. The first kappa shape index (κ1) is 16.2. The molecule has 1 rings (SSSR count). The Labute approximate surface area is 121 Å². The second-order valence-corrected chi connectivity index (χ2v) is 3.64. The summed E-state index contributed by atoms with van der Waals surface area (Å²) in [5.41, 5.74) is 9.50. The van der Waals surface area contributed by atoms with E-state index >= 15 is 0 Å². The molecular weight excluding hydrogens is 325 g/mol. The SMILES string of the molecule is CCN=C(N)Nc1c(CC)cccc1CC.I. The van der Waals surface area contributed by atoms with E-state index in [1.54, 1.807) is 0 Å². The average Bonchev–Trinajstić information content (AvgIpc) is 2.29. The molecule has 0 unspecified atom stereocenters. The summed E-state index contributed by atoms with van der Waals surface area (Å²) in [6.07, 6.45) is 1.99. The van der Waals surface area contributed by atoms with Gasteiger partial charge in [-0.25, -0.2) is 0 Å². The van der Waals surface area contributed by atoms with Crippen LogP contribution in [0, 0.1) is 0 Å². The van der Waals surface area contributed by atoms with E-state index in [1.807, 2.05) is 6.92 Å². The number of nitrogens with two attached hydrogens (primary N) is 1. The molecule has 0 aliphatic heterocycles. The molecule has 4 heteroatoms. The molecule has 0 heterocycles. The Morgan fingerprint density at radius 2 is 1.71 bits per heavy atom. The van der Waals surface area contributed by atoms with E-state index in [0.717, 1.165) is 18.5 Å². The molecule has 0 spiro atoms. The van der Waals surface area contributed by atoms with Crippen LogP contribution in [0.25, 0.3) is 0 Å². The average molecular weight is 347 g/mol. The summed E-state index contributed by atoms with van der Waals surface area (Å²) in [7, 11) is 0. The first-order valence-electron chi connectivity index (χ1n) is 5.90. The second kappa shape index (κ2) is 8.33. The highest BCUT2D eigenvalue weighted by Crippen LogP contribution is 2.22. The van der Waals surface area contributed by atoms with Gasteiger partial charge in [-0.2, -0.15) is 0 Å². The van der Waals surface area contributed by atoms with E-state index in [9.17, 15) is 0 Å². The Morgan fingerprint density at radius 1 is 1.18 bits per heavy atom. The first-order chi connectivity index (χ1) is 7.72. The van der Waals surface area contributed by atoms with Gasteiger partial charge in [0.05, 0.1) is 0 Å². The number of nitrogens with one attached hydrogen (secondary N) is 1. The number of rotatable bonds is 4. The molecule has 0 saturated heterocycles. The van der Waals surface area contributed by atoms with Gasteiger partial charge in [-0.3, -0.25) is 4.99 Å². The van der Waals surface area contributed by atoms with Crippen molar-refractivity contribution in [3.05, 3.63) is 29.3 Å². The lowest BCUT2D eigenvalue weighted by Crippen LogP contribution is -2.24. The molecule has 0 saturated carbocycles. The van der Waals surface area contributed by atoms with Crippen molar-refractivity contribution in [3.8, 4) is 0 Å². The Morgan fingerprint density at radius 3 is 2.12 bits per heavy atom. The van der Waals surface area contributed by atoms with Gasteiger partial charge in [0.2, 0.25) is 0 Å². The largest absolute Gasteiger partial charge is 0.370 e. The Balaban J connectivity index is 0.00000256. The monoisotopic (exact) mass is 347 g/mol. The van der Waals surface area contributed by atoms with Gasteiger partial charge in [-0.1, -0.05) is 32.0 Å². The van der Waals surface area contributed by atoms with Crippen LogP contribution in [0.2, 0.25) is 0 Å². The van der Waals surface area contributed by atoms with Crippen LogP contribution in [0.3, 0.4) is 0 Å². The molecule has 17 heavy (non-hydrogen) atoms. The van der Waals surface area contributed by atoms with Crippen molar-refractivity contribution in [3.63, 3.8) is 0 Å². The zero-order chi connectivity index (χ0) is 12.0. The molecule has 0 radical (unpaired) electrons. The van der Waals surface area contributed by atoms with E-state index in [2.05, 4.69) is 42.4 Å². The molecule has 0 bridgehead atoms. The fraction of sp³-hybridized carbons (Fsp3) is 0.462. The van der Waals surface area contributed by atoms with Gasteiger partial charge in [-0.05, 0) is 30.9 Å². The van der Waals surface area contributed by atoms with Crippen LogP contribution in [0.15, 0.2) is 23.2 Å². The quantitative estimate of drug-likeness (QED) is 0.499. The smallest absolute Gasteiger partial charge is 0.193 e. The zero-order valence-electron chi connectivity index (χ0n) is 10.8. The molecular formula is C13H22IN3. The fourth-order valence-corrected chi connectivity index (χ4v) is 1.74. The molecule has 0 atom stereocenters. The van der Waals surface area contributed by atoms with Gasteiger partial charge in [0, 0.05) is 12.2 Å². The lowest BCUT2D eigenvalue weighted by atomic mass is 10.0. The number of aliphatic imine (C=N–C) groups is 1. The van der Waals surface area contributed by atoms with Crippen molar-refractivity contribution in [1.29, 1.82) is 0 Å². The maximum absolute atomic E-state index is 5.80. The normalized spacial score (nSPS) is 10.9. The summed E-state index contributed by atoms with van der Waals surface area (Å²) in [4.78, 5) is 4.15. The molecule has 0 amide bonds. The van der Waals surface area contributed by atoms with Gasteiger partial charge in [-0.15, -0.1) is 24.0 Å². The molecule has 3 nitrogen and oxygen atoms in total. The second-order valence-electron chi connectivity index (χ2n) is 3.64. The number of hydrogen-bond acceptors (Lipinski definition) is 1. The van der Waals surface area contributed by atoms with E-state index in [4.69, 9.17) is 5.73 Å². The maximum Gasteiger partial charge on any atom is 0.193 e. The lowest BCUT2D eigenvalue weighted by Gasteiger charge is -2.14. The van der Waals surface area contributed by atoms with Gasteiger partial charge >= 0.3 is 0 Å². The van der Waals surface area contributed by atoms with Crippen LogP contribution in [0.4, 0.5) is 5.69 Å².